The highest BCUT2D eigenvalue weighted by Crippen LogP contribution is 2.29. The van der Waals surface area contributed by atoms with Crippen molar-refractivity contribution in [1.82, 2.24) is 20.3 Å². The highest BCUT2D eigenvalue weighted by Gasteiger charge is 2.34. The smallest absolute Gasteiger partial charge is 0.180 e. The topological polar surface area (TPSA) is 102 Å². The van der Waals surface area contributed by atoms with Gasteiger partial charge in [-0.3, -0.25) is 0 Å². The fourth-order valence-electron chi connectivity index (χ4n) is 2.99. The van der Waals surface area contributed by atoms with Crippen LogP contribution in [0.2, 0.25) is 0 Å². The summed E-state index contributed by atoms with van der Waals surface area (Å²) in [4.78, 5) is 20.3. The molecule has 0 radical (unpaired) electrons. The minimum absolute atomic E-state index is 0.418. The summed E-state index contributed by atoms with van der Waals surface area (Å²) < 4.78 is 0. The number of fused-ring (bicyclic) bond motifs is 1. The van der Waals surface area contributed by atoms with Gasteiger partial charge in [0, 0.05) is 17.8 Å². The van der Waals surface area contributed by atoms with Crippen molar-refractivity contribution in [3.8, 4) is 6.07 Å². The molecule has 0 unspecified atom stereocenters. The number of hydrogen-bond donors (Lipinski definition) is 2. The van der Waals surface area contributed by atoms with Crippen molar-refractivity contribution in [3.63, 3.8) is 0 Å². The molecule has 2 N–H and O–H groups in total. The number of aliphatic imine (C=N–C) groups is 2. The quantitative estimate of drug-likeness (QED) is 0.667. The van der Waals surface area contributed by atoms with Gasteiger partial charge in [-0.1, -0.05) is 6.58 Å². The van der Waals surface area contributed by atoms with Crippen LogP contribution in [-0.2, 0) is 0 Å². The summed E-state index contributed by atoms with van der Waals surface area (Å²) in [6, 6.07) is 4.25. The van der Waals surface area contributed by atoms with Crippen molar-refractivity contribution in [2.24, 2.45) is 9.98 Å². The van der Waals surface area contributed by atoms with Crippen LogP contribution in [0.15, 0.2) is 41.0 Å². The van der Waals surface area contributed by atoms with Gasteiger partial charge in [0.1, 0.15) is 29.0 Å². The zero-order valence-electron chi connectivity index (χ0n) is 13.6. The summed E-state index contributed by atoms with van der Waals surface area (Å²) >= 11 is 0. The van der Waals surface area contributed by atoms with Crippen molar-refractivity contribution in [1.29, 1.82) is 5.26 Å². The van der Waals surface area contributed by atoms with Crippen LogP contribution >= 0.6 is 0 Å². The monoisotopic (exact) mass is 321 g/mol. The molecule has 1 aliphatic carbocycles. The molecule has 3 rings (SSSR count). The second-order valence-electron chi connectivity index (χ2n) is 5.76. The molecule has 0 atom stereocenters. The van der Waals surface area contributed by atoms with Crippen molar-refractivity contribution in [2.75, 3.05) is 0 Å². The SMILES string of the molecule is C=C(N=C(N=CC)c1ncnc2[nH]ccc12)NC1(C#N)CCCC1. The van der Waals surface area contributed by atoms with E-state index in [1.165, 1.54) is 6.33 Å². The number of hydrogen-bond acceptors (Lipinski definition) is 5. The highest BCUT2D eigenvalue weighted by atomic mass is 15.1. The number of H-pyrrole nitrogens is 1. The van der Waals surface area contributed by atoms with Gasteiger partial charge in [-0.2, -0.15) is 5.26 Å². The predicted molar refractivity (Wildman–Crippen MR) is 93.7 cm³/mol. The Hall–Kier alpha value is -3.01. The van der Waals surface area contributed by atoms with E-state index in [0.717, 1.165) is 36.7 Å². The number of nitriles is 1. The number of nitrogens with one attached hydrogen (secondary N) is 2. The molecule has 0 spiro atoms. The number of nitrogens with zero attached hydrogens (tertiary/aromatic N) is 5. The first kappa shape index (κ1) is 15.9. The maximum Gasteiger partial charge on any atom is 0.180 e. The van der Waals surface area contributed by atoms with Gasteiger partial charge in [0.2, 0.25) is 0 Å². The molecule has 1 aliphatic rings. The molecule has 7 nitrogen and oxygen atoms in total. The molecule has 2 aromatic rings. The van der Waals surface area contributed by atoms with Gasteiger partial charge in [0.15, 0.2) is 5.84 Å². The number of amidine groups is 1. The molecule has 0 amide bonds. The maximum absolute atomic E-state index is 9.48. The van der Waals surface area contributed by atoms with Crippen molar-refractivity contribution in [3.05, 3.63) is 36.7 Å². The Bertz CT molecular complexity index is 847. The molecular weight excluding hydrogens is 302 g/mol. The van der Waals surface area contributed by atoms with Crippen LogP contribution in [0.3, 0.4) is 0 Å². The molecule has 2 heterocycles. The van der Waals surface area contributed by atoms with E-state index in [9.17, 15) is 5.26 Å². The summed E-state index contributed by atoms with van der Waals surface area (Å²) in [6.07, 6.45) is 8.61. The Labute approximate surface area is 140 Å². The Morgan fingerprint density at radius 2 is 2.25 bits per heavy atom. The van der Waals surface area contributed by atoms with Crippen LogP contribution in [0.1, 0.15) is 38.3 Å². The standard InChI is InChI=1S/C17H19N7/c1-3-19-16(14-13-6-9-20-15(13)22-11-21-14)23-12(2)24-17(10-18)7-4-5-8-17/h3,6,9,11,24H,2,4-5,7-8H2,1H3,(H,20,21,22). The number of aromatic nitrogens is 3. The van der Waals surface area contributed by atoms with Gasteiger partial charge in [0.25, 0.3) is 0 Å². The third-order valence-corrected chi connectivity index (χ3v) is 4.11. The fourth-order valence-corrected chi connectivity index (χ4v) is 2.99. The predicted octanol–water partition coefficient (Wildman–Crippen LogP) is 2.69. The lowest BCUT2D eigenvalue weighted by Crippen LogP contribution is -2.40. The molecule has 2 aromatic heterocycles. The van der Waals surface area contributed by atoms with Gasteiger partial charge < -0.3 is 10.3 Å². The molecule has 7 heteroatoms. The third kappa shape index (κ3) is 3.04. The second-order valence-corrected chi connectivity index (χ2v) is 5.76. The Kier molecular flexibility index (Phi) is 4.38. The van der Waals surface area contributed by atoms with Gasteiger partial charge >= 0.3 is 0 Å². The van der Waals surface area contributed by atoms with E-state index in [0.29, 0.717) is 17.4 Å². The highest BCUT2D eigenvalue weighted by molar-refractivity contribution is 6.09. The zero-order valence-corrected chi connectivity index (χ0v) is 13.6. The average Bonchev–Trinajstić information content (AvgIpc) is 3.23. The largest absolute Gasteiger partial charge is 0.352 e. The first-order valence-corrected chi connectivity index (χ1v) is 7.91. The second kappa shape index (κ2) is 6.62. The molecule has 0 aromatic carbocycles. The van der Waals surface area contributed by atoms with E-state index < -0.39 is 5.54 Å². The minimum Gasteiger partial charge on any atom is -0.352 e. The number of rotatable bonds is 4. The summed E-state index contributed by atoms with van der Waals surface area (Å²) in [7, 11) is 0. The van der Waals surface area contributed by atoms with Crippen molar-refractivity contribution >= 4 is 23.1 Å². The molecule has 0 bridgehead atoms. The van der Waals surface area contributed by atoms with Gasteiger partial charge in [0.05, 0.1) is 6.07 Å². The van der Waals surface area contributed by atoms with Crippen LogP contribution < -0.4 is 5.32 Å². The van der Waals surface area contributed by atoms with E-state index in [-0.39, 0.29) is 0 Å². The van der Waals surface area contributed by atoms with Crippen LogP contribution in [0, 0.1) is 11.3 Å². The zero-order chi connectivity index (χ0) is 17.0. The average molecular weight is 321 g/mol. The lowest BCUT2D eigenvalue weighted by Gasteiger charge is -2.23. The molecule has 122 valence electrons. The maximum atomic E-state index is 9.48. The molecule has 0 aliphatic heterocycles. The Balaban J connectivity index is 1.93. The van der Waals surface area contributed by atoms with E-state index in [4.69, 9.17) is 0 Å². The van der Waals surface area contributed by atoms with Crippen molar-refractivity contribution in [2.45, 2.75) is 38.1 Å². The molecule has 0 saturated heterocycles. The van der Waals surface area contributed by atoms with E-state index >= 15 is 0 Å². The number of aromatic amines is 1. The molecular formula is C17H19N7. The minimum atomic E-state index is -0.573. The Morgan fingerprint density at radius 1 is 1.46 bits per heavy atom. The Morgan fingerprint density at radius 3 is 2.96 bits per heavy atom. The summed E-state index contributed by atoms with van der Waals surface area (Å²) in [5.41, 5.74) is 0.776. The van der Waals surface area contributed by atoms with Gasteiger partial charge in [-0.05, 0) is 38.7 Å². The normalized spacial score (nSPS) is 17.2. The van der Waals surface area contributed by atoms with Gasteiger partial charge in [-0.15, -0.1) is 0 Å². The van der Waals surface area contributed by atoms with E-state index in [1.54, 1.807) is 12.4 Å². The van der Waals surface area contributed by atoms with E-state index in [2.05, 4.69) is 42.9 Å². The first-order valence-electron chi connectivity index (χ1n) is 7.91. The summed E-state index contributed by atoms with van der Waals surface area (Å²) in [6.45, 7) is 5.77. The van der Waals surface area contributed by atoms with Gasteiger partial charge in [-0.25, -0.2) is 20.0 Å². The van der Waals surface area contributed by atoms with E-state index in [1.807, 2.05) is 13.0 Å². The fraction of sp³-hybridized carbons (Fsp3) is 0.353. The van der Waals surface area contributed by atoms with Crippen LogP contribution in [0.5, 0.6) is 0 Å². The molecule has 24 heavy (non-hydrogen) atoms. The lowest BCUT2D eigenvalue weighted by molar-refractivity contribution is 0.465. The van der Waals surface area contributed by atoms with Crippen molar-refractivity contribution < 1.29 is 0 Å². The lowest BCUT2D eigenvalue weighted by atomic mass is 10.0. The first-order chi connectivity index (χ1) is 11.7. The summed E-state index contributed by atoms with van der Waals surface area (Å²) in [5.74, 6) is 0.856. The third-order valence-electron chi connectivity index (χ3n) is 4.11. The van der Waals surface area contributed by atoms with Crippen LogP contribution in [-0.4, -0.2) is 32.5 Å². The summed E-state index contributed by atoms with van der Waals surface area (Å²) in [5, 5.41) is 13.5. The molecule has 1 saturated carbocycles. The van der Waals surface area contributed by atoms with Crippen LogP contribution in [0.25, 0.3) is 11.0 Å². The van der Waals surface area contributed by atoms with Crippen LogP contribution in [0.4, 0.5) is 0 Å². The molecule has 1 fully saturated rings.